The average Bonchev–Trinajstić information content (AvgIpc) is 2.18. The first-order valence-corrected chi connectivity index (χ1v) is 5.66. The number of halogens is 2. The minimum absolute atomic E-state index is 0.252. The van der Waals surface area contributed by atoms with Crippen LogP contribution in [0, 0.1) is 0 Å². The van der Waals surface area contributed by atoms with Crippen molar-refractivity contribution in [3.8, 4) is 0 Å². The van der Waals surface area contributed by atoms with Gasteiger partial charge in [0.25, 0.3) is 0 Å². The molecule has 0 fully saturated rings. The smallest absolute Gasteiger partial charge is 0.0823 e. The van der Waals surface area contributed by atoms with E-state index in [1.165, 1.54) is 0 Å². The maximum atomic E-state index is 6.00. The standard InChI is InChI=1S/C11H15Cl2NO/c1-8(2)15-7-6-14-10-5-3-4-9(12)11(10)13/h3-5,8,14H,6-7H2,1-2H3. The maximum absolute atomic E-state index is 6.00. The molecule has 0 heterocycles. The van der Waals surface area contributed by atoms with Crippen LogP contribution in [0.5, 0.6) is 0 Å². The van der Waals surface area contributed by atoms with Gasteiger partial charge in [-0.1, -0.05) is 29.3 Å². The predicted molar refractivity (Wildman–Crippen MR) is 66.0 cm³/mol. The lowest BCUT2D eigenvalue weighted by Crippen LogP contribution is -2.13. The Morgan fingerprint density at radius 2 is 2.07 bits per heavy atom. The van der Waals surface area contributed by atoms with Crippen molar-refractivity contribution in [2.24, 2.45) is 0 Å². The second kappa shape index (κ2) is 6.21. The molecule has 0 amide bonds. The van der Waals surface area contributed by atoms with Crippen LogP contribution in [0.15, 0.2) is 18.2 Å². The van der Waals surface area contributed by atoms with E-state index in [1.54, 1.807) is 6.07 Å². The Morgan fingerprint density at radius 1 is 1.33 bits per heavy atom. The second-order valence-electron chi connectivity index (χ2n) is 3.45. The Kier molecular flexibility index (Phi) is 5.23. The molecular weight excluding hydrogens is 233 g/mol. The van der Waals surface area contributed by atoms with Crippen LogP contribution in [-0.4, -0.2) is 19.3 Å². The summed E-state index contributed by atoms with van der Waals surface area (Å²) in [4.78, 5) is 0. The number of nitrogens with one attached hydrogen (secondary N) is 1. The highest BCUT2D eigenvalue weighted by Gasteiger charge is 2.02. The molecule has 84 valence electrons. The predicted octanol–water partition coefficient (Wildman–Crippen LogP) is 3.83. The summed E-state index contributed by atoms with van der Waals surface area (Å²) in [6.07, 6.45) is 0.252. The molecule has 1 rings (SSSR count). The molecule has 0 saturated carbocycles. The summed E-state index contributed by atoms with van der Waals surface area (Å²) in [7, 11) is 0. The summed E-state index contributed by atoms with van der Waals surface area (Å²) >= 11 is 11.9. The van der Waals surface area contributed by atoms with Crippen LogP contribution in [0.1, 0.15) is 13.8 Å². The highest BCUT2D eigenvalue weighted by molar-refractivity contribution is 6.43. The molecule has 0 aromatic heterocycles. The Balaban J connectivity index is 2.41. The van der Waals surface area contributed by atoms with Crippen molar-refractivity contribution < 1.29 is 4.74 Å². The summed E-state index contributed by atoms with van der Waals surface area (Å²) in [6.45, 7) is 5.39. The van der Waals surface area contributed by atoms with E-state index in [4.69, 9.17) is 27.9 Å². The van der Waals surface area contributed by atoms with E-state index in [1.807, 2.05) is 26.0 Å². The van der Waals surface area contributed by atoms with Crippen LogP contribution in [0.2, 0.25) is 10.0 Å². The zero-order valence-corrected chi connectivity index (χ0v) is 10.4. The number of hydrogen-bond donors (Lipinski definition) is 1. The molecule has 0 bridgehead atoms. The molecule has 0 aliphatic carbocycles. The molecule has 1 aromatic carbocycles. The van der Waals surface area contributed by atoms with Gasteiger partial charge >= 0.3 is 0 Å². The van der Waals surface area contributed by atoms with Crippen molar-refractivity contribution in [3.05, 3.63) is 28.2 Å². The molecule has 0 aliphatic heterocycles. The maximum Gasteiger partial charge on any atom is 0.0823 e. The number of hydrogen-bond acceptors (Lipinski definition) is 2. The third-order valence-corrected chi connectivity index (χ3v) is 2.64. The van der Waals surface area contributed by atoms with Crippen LogP contribution >= 0.6 is 23.2 Å². The molecule has 15 heavy (non-hydrogen) atoms. The van der Waals surface area contributed by atoms with Gasteiger partial charge in [-0.05, 0) is 26.0 Å². The number of ether oxygens (including phenoxy) is 1. The van der Waals surface area contributed by atoms with E-state index < -0.39 is 0 Å². The second-order valence-corrected chi connectivity index (χ2v) is 4.23. The summed E-state index contributed by atoms with van der Waals surface area (Å²) in [5.74, 6) is 0. The zero-order chi connectivity index (χ0) is 11.3. The Morgan fingerprint density at radius 3 is 2.73 bits per heavy atom. The lowest BCUT2D eigenvalue weighted by Gasteiger charge is -2.11. The zero-order valence-electron chi connectivity index (χ0n) is 8.89. The SMILES string of the molecule is CC(C)OCCNc1cccc(Cl)c1Cl. The van der Waals surface area contributed by atoms with Crippen molar-refractivity contribution >= 4 is 28.9 Å². The fourth-order valence-corrected chi connectivity index (χ4v) is 1.49. The van der Waals surface area contributed by atoms with Gasteiger partial charge < -0.3 is 10.1 Å². The van der Waals surface area contributed by atoms with Crippen LogP contribution < -0.4 is 5.32 Å². The van der Waals surface area contributed by atoms with E-state index in [0.29, 0.717) is 16.7 Å². The van der Waals surface area contributed by atoms with Crippen LogP contribution in [0.4, 0.5) is 5.69 Å². The van der Waals surface area contributed by atoms with Gasteiger partial charge in [0, 0.05) is 6.54 Å². The third kappa shape index (κ3) is 4.29. The van der Waals surface area contributed by atoms with Gasteiger partial charge in [0.1, 0.15) is 0 Å². The Labute approximate surface area is 101 Å². The minimum atomic E-state index is 0.252. The first-order valence-electron chi connectivity index (χ1n) is 4.90. The van der Waals surface area contributed by atoms with Gasteiger partial charge in [-0.25, -0.2) is 0 Å². The quantitative estimate of drug-likeness (QED) is 0.799. The lowest BCUT2D eigenvalue weighted by molar-refractivity contribution is 0.0870. The van der Waals surface area contributed by atoms with Crippen LogP contribution in [0.3, 0.4) is 0 Å². The van der Waals surface area contributed by atoms with Crippen LogP contribution in [0.25, 0.3) is 0 Å². The molecule has 0 radical (unpaired) electrons. The summed E-state index contributed by atoms with van der Waals surface area (Å²) in [5.41, 5.74) is 0.844. The van der Waals surface area contributed by atoms with Gasteiger partial charge in [0.15, 0.2) is 0 Å². The van der Waals surface area contributed by atoms with Crippen molar-refractivity contribution in [1.82, 2.24) is 0 Å². The Bertz CT molecular complexity index is 315. The molecule has 4 heteroatoms. The highest BCUT2D eigenvalue weighted by Crippen LogP contribution is 2.29. The molecule has 2 nitrogen and oxygen atoms in total. The molecule has 0 atom stereocenters. The van der Waals surface area contributed by atoms with Crippen molar-refractivity contribution in [3.63, 3.8) is 0 Å². The largest absolute Gasteiger partial charge is 0.381 e. The van der Waals surface area contributed by atoms with Gasteiger partial charge in [0.05, 0.1) is 28.4 Å². The number of benzene rings is 1. The van der Waals surface area contributed by atoms with Gasteiger partial charge in [-0.2, -0.15) is 0 Å². The third-order valence-electron chi connectivity index (χ3n) is 1.82. The van der Waals surface area contributed by atoms with E-state index >= 15 is 0 Å². The molecule has 0 aliphatic rings. The summed E-state index contributed by atoms with van der Waals surface area (Å²) in [6, 6.07) is 5.52. The van der Waals surface area contributed by atoms with E-state index in [0.717, 1.165) is 12.2 Å². The minimum Gasteiger partial charge on any atom is -0.381 e. The molecular formula is C11H15Cl2NO. The first kappa shape index (κ1) is 12.6. The first-order chi connectivity index (χ1) is 7.11. The fourth-order valence-electron chi connectivity index (χ4n) is 1.12. The molecule has 0 saturated heterocycles. The van der Waals surface area contributed by atoms with Crippen molar-refractivity contribution in [2.45, 2.75) is 20.0 Å². The topological polar surface area (TPSA) is 21.3 Å². The Hall–Kier alpha value is -0.440. The van der Waals surface area contributed by atoms with Crippen molar-refractivity contribution in [1.29, 1.82) is 0 Å². The number of rotatable bonds is 5. The van der Waals surface area contributed by atoms with E-state index in [9.17, 15) is 0 Å². The lowest BCUT2D eigenvalue weighted by atomic mass is 10.3. The molecule has 1 aromatic rings. The molecule has 0 spiro atoms. The molecule has 0 unspecified atom stereocenters. The summed E-state index contributed by atoms with van der Waals surface area (Å²) in [5, 5.41) is 4.29. The van der Waals surface area contributed by atoms with Gasteiger partial charge in [0.2, 0.25) is 0 Å². The van der Waals surface area contributed by atoms with Gasteiger partial charge in [-0.3, -0.25) is 0 Å². The number of anilines is 1. The fraction of sp³-hybridized carbons (Fsp3) is 0.455. The molecule has 1 N–H and O–H groups in total. The van der Waals surface area contributed by atoms with E-state index in [-0.39, 0.29) is 6.10 Å². The monoisotopic (exact) mass is 247 g/mol. The highest BCUT2D eigenvalue weighted by atomic mass is 35.5. The average molecular weight is 248 g/mol. The summed E-state index contributed by atoms with van der Waals surface area (Å²) < 4.78 is 5.40. The van der Waals surface area contributed by atoms with E-state index in [2.05, 4.69) is 5.32 Å². The van der Waals surface area contributed by atoms with Gasteiger partial charge in [-0.15, -0.1) is 0 Å². The van der Waals surface area contributed by atoms with Crippen molar-refractivity contribution in [2.75, 3.05) is 18.5 Å². The van der Waals surface area contributed by atoms with Crippen LogP contribution in [-0.2, 0) is 4.74 Å². The normalized spacial score (nSPS) is 10.7.